The molecule has 4 unspecified atom stereocenters. The molecule has 2 heterocycles. The number of nitrogens with zero attached hydrogens (tertiary/aromatic N) is 2. The lowest BCUT2D eigenvalue weighted by molar-refractivity contribution is -0.135. The minimum Gasteiger partial charge on any atom is -0.493 e. The molecule has 36 heavy (non-hydrogen) atoms. The maximum atomic E-state index is 13.2. The lowest BCUT2D eigenvalue weighted by atomic mass is 9.77. The molecular weight excluding hydrogens is 470 g/mol. The largest absolute Gasteiger partial charge is 0.493 e. The highest BCUT2D eigenvalue weighted by Gasteiger charge is 2.51. The number of carbonyl (C=O) groups excluding carboxylic acids is 2. The van der Waals surface area contributed by atoms with Crippen molar-refractivity contribution in [1.82, 2.24) is 15.1 Å². The first-order valence-electron chi connectivity index (χ1n) is 12.2. The average Bonchev–Trinajstić information content (AvgIpc) is 3.28. The predicted octanol–water partition coefficient (Wildman–Crippen LogP) is -1.01. The predicted molar refractivity (Wildman–Crippen MR) is 129 cm³/mol. The van der Waals surface area contributed by atoms with E-state index >= 15 is 0 Å². The molecule has 4 N–H and O–H groups in total. The number of fused-ring (bicyclic) bond motifs is 3. The molecule has 1 saturated heterocycles. The molecule has 4 atom stereocenters. The Kier molecular flexibility index (Phi) is 8.47. The molecule has 1 aromatic rings. The second-order valence-corrected chi connectivity index (χ2v) is 9.18. The Morgan fingerprint density at radius 3 is 2.64 bits per heavy atom. The summed E-state index contributed by atoms with van der Waals surface area (Å²) in [6, 6.07) is 2.60. The Morgan fingerprint density at radius 1 is 1.25 bits per heavy atom. The van der Waals surface area contributed by atoms with Crippen molar-refractivity contribution >= 4 is 11.8 Å². The van der Waals surface area contributed by atoms with Gasteiger partial charge >= 0.3 is 0 Å². The third kappa shape index (κ3) is 5.21. The fourth-order valence-corrected chi connectivity index (χ4v) is 5.21. The molecule has 198 valence electrons. The highest BCUT2D eigenvalue weighted by Crippen LogP contribution is 2.51. The summed E-state index contributed by atoms with van der Waals surface area (Å²) in [5, 5.41) is 33.1. The third-order valence-electron chi connectivity index (χ3n) is 7.02. The monoisotopic (exact) mass is 505 g/mol. The van der Waals surface area contributed by atoms with Crippen molar-refractivity contribution in [2.24, 2.45) is 0 Å². The van der Waals surface area contributed by atoms with Crippen LogP contribution in [0.5, 0.6) is 11.5 Å². The molecule has 1 aliphatic carbocycles. The van der Waals surface area contributed by atoms with Crippen molar-refractivity contribution < 1.29 is 39.1 Å². The number of methoxy groups -OCH3 is 1. The molecule has 0 aromatic heterocycles. The average molecular weight is 506 g/mol. The number of aliphatic hydroxyl groups is 3. The molecule has 11 nitrogen and oxygen atoms in total. The second kappa shape index (κ2) is 11.6. The minimum atomic E-state index is -1.12. The molecular formula is C25H35N3O8. The Morgan fingerprint density at radius 2 is 2.00 bits per heavy atom. The van der Waals surface area contributed by atoms with Crippen LogP contribution >= 0.6 is 0 Å². The summed E-state index contributed by atoms with van der Waals surface area (Å²) in [4.78, 5) is 29.7. The summed E-state index contributed by atoms with van der Waals surface area (Å²) in [6.45, 7) is 4.80. The van der Waals surface area contributed by atoms with Crippen LogP contribution in [-0.2, 0) is 20.9 Å². The number of benzene rings is 1. The molecule has 1 aromatic carbocycles. The number of amides is 2. The lowest BCUT2D eigenvalue weighted by Gasteiger charge is -2.41. The summed E-state index contributed by atoms with van der Waals surface area (Å²) in [7, 11) is 1.48. The van der Waals surface area contributed by atoms with Crippen molar-refractivity contribution in [3.8, 4) is 11.5 Å². The van der Waals surface area contributed by atoms with Crippen LogP contribution in [0.1, 0.15) is 24.0 Å². The smallest absolute Gasteiger partial charge is 0.247 e. The van der Waals surface area contributed by atoms with E-state index in [0.29, 0.717) is 54.5 Å². The molecule has 2 amide bonds. The zero-order valence-electron chi connectivity index (χ0n) is 20.7. The quantitative estimate of drug-likeness (QED) is 0.332. The first-order valence-corrected chi connectivity index (χ1v) is 12.2. The van der Waals surface area contributed by atoms with Crippen LogP contribution in [0.25, 0.3) is 0 Å². The van der Waals surface area contributed by atoms with E-state index in [9.17, 15) is 24.9 Å². The third-order valence-corrected chi connectivity index (χ3v) is 7.02. The van der Waals surface area contributed by atoms with Gasteiger partial charge in [-0.3, -0.25) is 14.5 Å². The number of ether oxygens (including phenoxy) is 3. The molecule has 1 fully saturated rings. The van der Waals surface area contributed by atoms with E-state index in [1.807, 2.05) is 0 Å². The van der Waals surface area contributed by atoms with Gasteiger partial charge in [0.1, 0.15) is 12.2 Å². The Bertz CT molecular complexity index is 994. The fourth-order valence-electron chi connectivity index (χ4n) is 5.21. The summed E-state index contributed by atoms with van der Waals surface area (Å²) < 4.78 is 17.1. The molecule has 11 heteroatoms. The van der Waals surface area contributed by atoms with Gasteiger partial charge in [-0.05, 0) is 23.8 Å². The molecule has 0 spiro atoms. The number of rotatable bonds is 9. The van der Waals surface area contributed by atoms with Crippen molar-refractivity contribution in [2.75, 3.05) is 59.7 Å². The van der Waals surface area contributed by atoms with Crippen molar-refractivity contribution in [3.05, 3.63) is 34.9 Å². The zero-order valence-corrected chi connectivity index (χ0v) is 20.7. The number of carbonyl (C=O) groups is 2. The summed E-state index contributed by atoms with van der Waals surface area (Å²) in [5.74, 6) is -0.503. The zero-order chi connectivity index (χ0) is 25.8. The van der Waals surface area contributed by atoms with Crippen LogP contribution in [0.4, 0.5) is 0 Å². The van der Waals surface area contributed by atoms with Crippen LogP contribution in [0.2, 0.25) is 0 Å². The van der Waals surface area contributed by atoms with Crippen molar-refractivity contribution in [2.45, 2.75) is 37.7 Å². The maximum absolute atomic E-state index is 13.2. The number of hydrogen-bond acceptors (Lipinski definition) is 9. The first-order chi connectivity index (χ1) is 17.4. The van der Waals surface area contributed by atoms with E-state index in [2.05, 4.69) is 10.2 Å². The minimum absolute atomic E-state index is 0.0575. The van der Waals surface area contributed by atoms with E-state index in [4.69, 9.17) is 14.2 Å². The highest BCUT2D eigenvalue weighted by atomic mass is 16.5. The second-order valence-electron chi connectivity index (χ2n) is 9.18. The van der Waals surface area contributed by atoms with Crippen LogP contribution in [-0.4, -0.2) is 115 Å². The van der Waals surface area contributed by atoms with E-state index in [0.717, 1.165) is 13.1 Å². The van der Waals surface area contributed by atoms with Gasteiger partial charge in [-0.1, -0.05) is 0 Å². The Balaban J connectivity index is 1.70. The van der Waals surface area contributed by atoms with Gasteiger partial charge in [-0.2, -0.15) is 0 Å². The number of morpholine rings is 1. The van der Waals surface area contributed by atoms with Crippen molar-refractivity contribution in [3.63, 3.8) is 0 Å². The van der Waals surface area contributed by atoms with Gasteiger partial charge in [-0.25, -0.2) is 0 Å². The van der Waals surface area contributed by atoms with Crippen LogP contribution < -0.4 is 14.8 Å². The Hall–Kier alpha value is -2.70. The van der Waals surface area contributed by atoms with Gasteiger partial charge < -0.3 is 39.7 Å². The van der Waals surface area contributed by atoms with Crippen LogP contribution in [0.15, 0.2) is 23.8 Å². The standard InChI is InChI=1S/C25H35N3O8/c1-15(31)28(5-4-27-6-9-35-10-7-27)19-13-18(25(33)26-3-8-29)21-17-11-16(14-30)12-20(34-2)23(17)36-24(21)22(19)32/h11-13,19,21-22,24,29-30,32H,3-10,14H2,1-2H3,(H,26,33). The van der Waals surface area contributed by atoms with Gasteiger partial charge in [0.25, 0.3) is 0 Å². The molecule has 0 radical (unpaired) electrons. The van der Waals surface area contributed by atoms with Crippen molar-refractivity contribution in [1.29, 1.82) is 0 Å². The van der Waals surface area contributed by atoms with E-state index in [-0.39, 0.29) is 25.7 Å². The van der Waals surface area contributed by atoms with E-state index in [1.54, 1.807) is 23.1 Å². The SMILES string of the molecule is COc1cc(CO)cc2c1OC1C2C(C(=O)NCCO)=CC(N(CCN2CCOCC2)C(C)=O)C1O. The van der Waals surface area contributed by atoms with Crippen LogP contribution in [0.3, 0.4) is 0 Å². The van der Waals surface area contributed by atoms with E-state index < -0.39 is 30.1 Å². The maximum Gasteiger partial charge on any atom is 0.247 e. The van der Waals surface area contributed by atoms with Gasteiger partial charge in [-0.15, -0.1) is 0 Å². The molecule has 4 rings (SSSR count). The van der Waals surface area contributed by atoms with E-state index in [1.165, 1.54) is 14.0 Å². The first kappa shape index (κ1) is 26.4. The van der Waals surface area contributed by atoms with Crippen LogP contribution in [0, 0.1) is 0 Å². The fraction of sp³-hybridized carbons (Fsp3) is 0.600. The Labute approximate surface area is 210 Å². The number of hydrogen-bond donors (Lipinski definition) is 4. The van der Waals surface area contributed by atoms with Gasteiger partial charge in [0.05, 0.1) is 45.5 Å². The number of nitrogens with one attached hydrogen (secondary N) is 1. The molecule has 0 saturated carbocycles. The van der Waals surface area contributed by atoms with Gasteiger partial charge in [0.2, 0.25) is 11.8 Å². The summed E-state index contributed by atoms with van der Waals surface area (Å²) in [6.07, 6.45) is -0.332. The molecule has 2 aliphatic heterocycles. The molecule has 3 aliphatic rings. The highest BCUT2D eigenvalue weighted by molar-refractivity contribution is 5.96. The lowest BCUT2D eigenvalue weighted by Crippen LogP contribution is -2.56. The molecule has 0 bridgehead atoms. The topological polar surface area (TPSA) is 141 Å². The van der Waals surface area contributed by atoms with Gasteiger partial charge in [0, 0.05) is 50.8 Å². The summed E-state index contributed by atoms with van der Waals surface area (Å²) in [5.41, 5.74) is 1.53. The van der Waals surface area contributed by atoms with Gasteiger partial charge in [0.15, 0.2) is 11.5 Å². The summed E-state index contributed by atoms with van der Waals surface area (Å²) >= 11 is 0. The normalized spacial score (nSPS) is 25.3. The number of aliphatic hydroxyl groups excluding tert-OH is 3.